The number of nitroso groups, excluding NO2 is 2. The molecule has 0 rings (SSSR count). The predicted octanol–water partition coefficient (Wildman–Crippen LogP) is 2.08. The lowest BCUT2D eigenvalue weighted by atomic mass is 10.8. The molecular formula is C6H14N2O2Si. The summed E-state index contributed by atoms with van der Waals surface area (Å²) in [6.07, 6.45) is 0. The molecule has 0 amide bonds. The Kier molecular flexibility index (Phi) is 3.51. The molecule has 5 heteroatoms. The van der Waals surface area contributed by atoms with Gasteiger partial charge in [0.05, 0.1) is 11.3 Å². The topological polar surface area (TPSA) is 58.9 Å². The number of hydrogen-bond donors (Lipinski definition) is 0. The van der Waals surface area contributed by atoms with Gasteiger partial charge in [-0.05, 0) is 13.8 Å². The molecule has 11 heavy (non-hydrogen) atoms. The van der Waals surface area contributed by atoms with E-state index in [0.717, 1.165) is 0 Å². The van der Waals surface area contributed by atoms with Gasteiger partial charge in [0.2, 0.25) is 0 Å². The van der Waals surface area contributed by atoms with Crippen molar-refractivity contribution in [1.29, 1.82) is 0 Å². The molecule has 0 N–H and O–H groups in total. The highest BCUT2D eigenvalue weighted by Crippen LogP contribution is 2.17. The van der Waals surface area contributed by atoms with E-state index in [-0.39, 0.29) is 11.3 Å². The SMILES string of the molecule is CC(N=O)[Si](C)(C)C(C)N=O. The van der Waals surface area contributed by atoms with Crippen molar-refractivity contribution in [3.63, 3.8) is 0 Å². The standard InChI is InChI=1S/C6H14N2O2Si/c1-5(7-9)11(3,4)6(2)8-10/h5-6H,1-4H3. The van der Waals surface area contributed by atoms with E-state index >= 15 is 0 Å². The van der Waals surface area contributed by atoms with Crippen molar-refractivity contribution in [3.8, 4) is 0 Å². The monoisotopic (exact) mass is 174 g/mol. The quantitative estimate of drug-likeness (QED) is 0.484. The first-order valence-electron chi connectivity index (χ1n) is 3.61. The Hall–Kier alpha value is -0.583. The summed E-state index contributed by atoms with van der Waals surface area (Å²) in [5.41, 5.74) is -0.481. The van der Waals surface area contributed by atoms with Gasteiger partial charge in [0.15, 0.2) is 0 Å². The Morgan fingerprint density at radius 1 is 1.00 bits per heavy atom. The molecule has 0 aliphatic heterocycles. The van der Waals surface area contributed by atoms with Gasteiger partial charge in [0.25, 0.3) is 0 Å². The zero-order valence-corrected chi connectivity index (χ0v) is 8.37. The van der Waals surface area contributed by atoms with Crippen molar-refractivity contribution in [2.24, 2.45) is 10.4 Å². The Labute approximate surface area is 67.3 Å². The lowest BCUT2D eigenvalue weighted by Crippen LogP contribution is -2.47. The molecule has 64 valence electrons. The number of nitrogens with zero attached hydrogens (tertiary/aromatic N) is 2. The zero-order valence-electron chi connectivity index (χ0n) is 7.37. The lowest BCUT2D eigenvalue weighted by molar-refractivity contribution is 0.864. The highest BCUT2D eigenvalue weighted by molar-refractivity contribution is 6.80. The van der Waals surface area contributed by atoms with E-state index in [4.69, 9.17) is 0 Å². The van der Waals surface area contributed by atoms with Crippen molar-refractivity contribution in [2.75, 3.05) is 0 Å². The van der Waals surface area contributed by atoms with Crippen LogP contribution in [-0.2, 0) is 0 Å². The van der Waals surface area contributed by atoms with Gasteiger partial charge in [-0.15, -0.1) is 0 Å². The molecule has 0 aromatic rings. The minimum absolute atomic E-state index is 0.241. The average Bonchev–Trinajstić information content (AvgIpc) is 2.01. The summed E-state index contributed by atoms with van der Waals surface area (Å²) in [6, 6.07) is 0. The Morgan fingerprint density at radius 2 is 1.27 bits per heavy atom. The van der Waals surface area contributed by atoms with Gasteiger partial charge < -0.3 is 0 Å². The van der Waals surface area contributed by atoms with E-state index in [1.54, 1.807) is 13.8 Å². The normalized spacial score (nSPS) is 17.1. The highest BCUT2D eigenvalue weighted by atomic mass is 28.3. The number of hydrogen-bond acceptors (Lipinski definition) is 4. The fourth-order valence-corrected chi connectivity index (χ4v) is 1.86. The van der Waals surface area contributed by atoms with Gasteiger partial charge in [-0.2, -0.15) is 9.81 Å². The fourth-order valence-electron chi connectivity index (χ4n) is 0.621. The molecule has 0 saturated heterocycles. The predicted molar refractivity (Wildman–Crippen MR) is 48.0 cm³/mol. The van der Waals surface area contributed by atoms with Crippen LogP contribution in [0, 0.1) is 9.81 Å². The first-order chi connectivity index (χ1) is 4.96. The molecule has 0 aliphatic carbocycles. The van der Waals surface area contributed by atoms with Crippen LogP contribution in [0.15, 0.2) is 10.4 Å². The smallest absolute Gasteiger partial charge is 0.112 e. The summed E-state index contributed by atoms with van der Waals surface area (Å²) in [4.78, 5) is 20.4. The van der Waals surface area contributed by atoms with Gasteiger partial charge in [-0.1, -0.05) is 23.4 Å². The van der Waals surface area contributed by atoms with Gasteiger partial charge in [0.1, 0.15) is 8.07 Å². The summed E-state index contributed by atoms with van der Waals surface area (Å²) >= 11 is 0. The van der Waals surface area contributed by atoms with E-state index in [2.05, 4.69) is 10.4 Å². The van der Waals surface area contributed by atoms with Crippen LogP contribution in [0.4, 0.5) is 0 Å². The first kappa shape index (κ1) is 10.4. The van der Waals surface area contributed by atoms with Crippen LogP contribution >= 0.6 is 0 Å². The van der Waals surface area contributed by atoms with Crippen LogP contribution in [0.25, 0.3) is 0 Å². The molecule has 0 aliphatic rings. The van der Waals surface area contributed by atoms with E-state index in [9.17, 15) is 9.81 Å². The second-order valence-corrected chi connectivity index (χ2v) is 8.70. The van der Waals surface area contributed by atoms with Crippen LogP contribution in [0.3, 0.4) is 0 Å². The van der Waals surface area contributed by atoms with Gasteiger partial charge >= 0.3 is 0 Å². The summed E-state index contributed by atoms with van der Waals surface area (Å²) in [6.45, 7) is 7.40. The van der Waals surface area contributed by atoms with Crippen LogP contribution < -0.4 is 0 Å². The maximum atomic E-state index is 10.2. The average molecular weight is 174 g/mol. The van der Waals surface area contributed by atoms with Gasteiger partial charge in [-0.25, -0.2) is 0 Å². The van der Waals surface area contributed by atoms with Crippen molar-refractivity contribution in [2.45, 2.75) is 38.3 Å². The largest absolute Gasteiger partial charge is 0.151 e. The zero-order chi connectivity index (χ0) is 9.07. The second kappa shape index (κ2) is 3.71. The molecule has 2 atom stereocenters. The summed E-state index contributed by atoms with van der Waals surface area (Å²) in [5.74, 6) is 0. The molecule has 0 fully saturated rings. The van der Waals surface area contributed by atoms with E-state index < -0.39 is 8.07 Å². The third-order valence-electron chi connectivity index (χ3n) is 2.47. The van der Waals surface area contributed by atoms with E-state index in [0.29, 0.717) is 0 Å². The van der Waals surface area contributed by atoms with E-state index in [1.807, 2.05) is 13.1 Å². The minimum atomic E-state index is -1.87. The molecule has 0 heterocycles. The first-order valence-corrected chi connectivity index (χ1v) is 6.77. The van der Waals surface area contributed by atoms with E-state index in [1.165, 1.54) is 0 Å². The van der Waals surface area contributed by atoms with Crippen molar-refractivity contribution >= 4 is 8.07 Å². The molecule has 0 saturated carbocycles. The molecule has 0 aromatic heterocycles. The molecule has 2 unspecified atom stereocenters. The van der Waals surface area contributed by atoms with Crippen molar-refractivity contribution < 1.29 is 0 Å². The maximum absolute atomic E-state index is 10.2. The van der Waals surface area contributed by atoms with Crippen LogP contribution in [0.2, 0.25) is 13.1 Å². The highest BCUT2D eigenvalue weighted by Gasteiger charge is 2.36. The van der Waals surface area contributed by atoms with Crippen molar-refractivity contribution in [1.82, 2.24) is 0 Å². The molecule has 0 radical (unpaired) electrons. The molecule has 0 aromatic carbocycles. The lowest BCUT2D eigenvalue weighted by Gasteiger charge is -2.25. The Bertz CT molecular complexity index is 145. The third-order valence-corrected chi connectivity index (χ3v) is 6.99. The molecular weight excluding hydrogens is 160 g/mol. The Balaban J connectivity index is 4.41. The summed E-state index contributed by atoms with van der Waals surface area (Å²) < 4.78 is 0. The van der Waals surface area contributed by atoms with Crippen molar-refractivity contribution in [3.05, 3.63) is 9.81 Å². The maximum Gasteiger partial charge on any atom is 0.112 e. The van der Waals surface area contributed by atoms with Crippen LogP contribution in [-0.4, -0.2) is 19.4 Å². The summed E-state index contributed by atoms with van der Waals surface area (Å²) in [7, 11) is -1.87. The second-order valence-electron chi connectivity index (χ2n) is 3.38. The summed E-state index contributed by atoms with van der Waals surface area (Å²) in [5, 5.41) is 5.88. The third kappa shape index (κ3) is 2.18. The Morgan fingerprint density at radius 3 is 1.45 bits per heavy atom. The van der Waals surface area contributed by atoms with Crippen LogP contribution in [0.1, 0.15) is 13.8 Å². The number of rotatable bonds is 4. The minimum Gasteiger partial charge on any atom is -0.151 e. The fraction of sp³-hybridized carbons (Fsp3) is 1.00. The molecule has 0 spiro atoms. The van der Waals surface area contributed by atoms with Gasteiger partial charge in [0, 0.05) is 0 Å². The molecule has 0 bridgehead atoms. The van der Waals surface area contributed by atoms with Crippen LogP contribution in [0.5, 0.6) is 0 Å². The molecule has 4 nitrogen and oxygen atoms in total. The van der Waals surface area contributed by atoms with Gasteiger partial charge in [-0.3, -0.25) is 0 Å².